The van der Waals surface area contributed by atoms with E-state index in [9.17, 15) is 19.2 Å². The van der Waals surface area contributed by atoms with Crippen LogP contribution in [0.4, 0.5) is 0 Å². The molecule has 0 spiro atoms. The molecule has 286 valence electrons. The highest BCUT2D eigenvalue weighted by Crippen LogP contribution is 2.43. The lowest BCUT2D eigenvalue weighted by molar-refractivity contribution is -0.141. The van der Waals surface area contributed by atoms with E-state index >= 15 is 0 Å². The number of amides is 3. The molecular weight excluding hydrogens is 685 g/mol. The molecule has 1 aliphatic rings. The van der Waals surface area contributed by atoms with Gasteiger partial charge in [0.15, 0.2) is 5.96 Å². The summed E-state index contributed by atoms with van der Waals surface area (Å²) in [5, 5.41) is 7.38. The van der Waals surface area contributed by atoms with Crippen LogP contribution in [0, 0.1) is 27.7 Å². The fourth-order valence-electron chi connectivity index (χ4n) is 5.08. The van der Waals surface area contributed by atoms with Crippen LogP contribution in [0.3, 0.4) is 0 Å². The van der Waals surface area contributed by atoms with E-state index in [0.29, 0.717) is 19.6 Å². The van der Waals surface area contributed by atoms with E-state index in [-0.39, 0.29) is 37.0 Å². The Hall–Kier alpha value is -4.72. The number of methoxy groups -OCH3 is 1. The number of carbonyl (C=O) groups excluding carboxylic acids is 4. The Morgan fingerprint density at radius 1 is 1.04 bits per heavy atom. The van der Waals surface area contributed by atoms with Crippen LogP contribution >= 0.6 is 11.9 Å². The second-order valence-corrected chi connectivity index (χ2v) is 13.8. The first-order valence-electron chi connectivity index (χ1n) is 17.3. The average Bonchev–Trinajstić information content (AvgIpc) is 3.10. The smallest absolute Gasteiger partial charge is 0.325 e. The third kappa shape index (κ3) is 14.9. The summed E-state index contributed by atoms with van der Waals surface area (Å²) in [4.78, 5) is 52.6. The summed E-state index contributed by atoms with van der Waals surface area (Å²) in [5.41, 5.74) is 11.8. The summed E-state index contributed by atoms with van der Waals surface area (Å²) in [6.45, 7) is 16.1. The second-order valence-electron chi connectivity index (χ2n) is 13.0. The number of hydrogen-bond donors (Lipinski definition) is 5. The summed E-state index contributed by atoms with van der Waals surface area (Å²) in [6.07, 6.45) is 6.52. The number of guanidine groups is 1. The fraction of sp³-hybridized carbons (Fsp3) is 0.500. The van der Waals surface area contributed by atoms with E-state index < -0.39 is 23.8 Å². The Morgan fingerprint density at radius 2 is 1.73 bits per heavy atom. The van der Waals surface area contributed by atoms with Crippen molar-refractivity contribution in [3.05, 3.63) is 64.2 Å². The molecule has 0 saturated carbocycles. The summed E-state index contributed by atoms with van der Waals surface area (Å²) >= 11 is 1.40. The molecule has 1 aliphatic heterocycles. The van der Waals surface area contributed by atoms with Crippen LogP contribution in [0.2, 0.25) is 0 Å². The number of aryl methyl sites for hydroxylation is 1. The number of rotatable bonds is 15. The molecule has 0 aliphatic carbocycles. The van der Waals surface area contributed by atoms with Crippen molar-refractivity contribution in [1.82, 2.24) is 20.7 Å². The molecule has 0 fully saturated rings. The highest BCUT2D eigenvalue weighted by atomic mass is 32.2. The van der Waals surface area contributed by atoms with Crippen molar-refractivity contribution in [3.8, 4) is 11.5 Å². The van der Waals surface area contributed by atoms with Crippen LogP contribution in [-0.4, -0.2) is 74.6 Å². The van der Waals surface area contributed by atoms with Crippen molar-refractivity contribution >= 4 is 41.6 Å². The first kappa shape index (κ1) is 43.4. The lowest BCUT2D eigenvalue weighted by atomic mass is 9.88. The molecule has 0 saturated heterocycles. The number of aliphatic imine (C=N–C) groups is 1. The minimum Gasteiger partial charge on any atom is -0.490 e. The van der Waals surface area contributed by atoms with Crippen molar-refractivity contribution in [1.29, 1.82) is 0 Å². The fourth-order valence-corrected chi connectivity index (χ4v) is 5.93. The summed E-state index contributed by atoms with van der Waals surface area (Å²) in [7, 11) is 1.21. The maximum absolute atomic E-state index is 12.5. The molecule has 3 amide bonds. The Kier molecular flexibility index (Phi) is 18.0. The number of nitrogens with one attached hydrogen (secondary N) is 4. The number of nitrogens with zero attached hydrogens (tertiary/aromatic N) is 1. The van der Waals surface area contributed by atoms with Gasteiger partial charge >= 0.3 is 5.97 Å². The zero-order valence-electron chi connectivity index (χ0n) is 32.0. The minimum absolute atomic E-state index is 0.185. The predicted octanol–water partition coefficient (Wildman–Crippen LogP) is 4.27. The highest BCUT2D eigenvalue weighted by molar-refractivity contribution is 7.98. The maximum Gasteiger partial charge on any atom is 0.325 e. The molecule has 1 atom stereocenters. The molecule has 2 aromatic carbocycles. The Bertz CT molecular complexity index is 1590. The molecule has 2 aromatic rings. The van der Waals surface area contributed by atoms with Crippen LogP contribution in [-0.2, 0) is 30.3 Å². The van der Waals surface area contributed by atoms with Crippen LogP contribution in [0.25, 0.3) is 0 Å². The van der Waals surface area contributed by atoms with Crippen LogP contribution in [0.15, 0.2) is 46.3 Å². The van der Waals surface area contributed by atoms with E-state index in [0.717, 1.165) is 45.9 Å². The molecule has 6 N–H and O–H groups in total. The SMILES string of the molecule is C/C=C\COc1ccc(C)cc1.COC(=O)CNC(=O)[C@@H](CCCN=C(N)NSc1c(C)c(C)c2c(c1C)CCC(C)(C)O2)NC(=O)CNC(C)=O. The number of carbonyl (C=O) groups is 4. The van der Waals surface area contributed by atoms with Gasteiger partial charge in [-0.3, -0.25) is 28.9 Å². The first-order chi connectivity index (χ1) is 24.6. The van der Waals surface area contributed by atoms with E-state index in [4.69, 9.17) is 15.2 Å². The van der Waals surface area contributed by atoms with Crippen LogP contribution in [0.5, 0.6) is 11.5 Å². The molecule has 14 heteroatoms. The summed E-state index contributed by atoms with van der Waals surface area (Å²) in [5.74, 6) is 0.0740. The van der Waals surface area contributed by atoms with E-state index in [1.54, 1.807) is 0 Å². The van der Waals surface area contributed by atoms with Gasteiger partial charge in [0.05, 0.1) is 13.7 Å². The van der Waals surface area contributed by atoms with Gasteiger partial charge in [-0.15, -0.1) is 0 Å². The van der Waals surface area contributed by atoms with Gasteiger partial charge in [0.1, 0.15) is 36.3 Å². The van der Waals surface area contributed by atoms with Gasteiger partial charge in [0.25, 0.3) is 0 Å². The maximum atomic E-state index is 12.5. The van der Waals surface area contributed by atoms with Gasteiger partial charge in [0, 0.05) is 18.4 Å². The average molecular weight is 741 g/mol. The molecule has 13 nitrogen and oxygen atoms in total. The zero-order valence-corrected chi connectivity index (χ0v) is 32.8. The minimum atomic E-state index is -0.930. The number of hydrogen-bond acceptors (Lipinski definition) is 9. The number of allylic oxidation sites excluding steroid dienone is 1. The third-order valence-corrected chi connectivity index (χ3v) is 9.37. The lowest BCUT2D eigenvalue weighted by Gasteiger charge is -2.35. The van der Waals surface area contributed by atoms with E-state index in [2.05, 4.69) is 71.9 Å². The lowest BCUT2D eigenvalue weighted by Crippen LogP contribution is -2.50. The van der Waals surface area contributed by atoms with Gasteiger partial charge in [0.2, 0.25) is 17.7 Å². The quantitative estimate of drug-likeness (QED) is 0.0442. The standard InChI is InChI=1S/C27H42N6O6S.C11H14O/c1-15-16(2)24(17(3)19-10-11-27(5,6)39-23(15)19)40-33-26(28)29-12-8-9-20(25(37)31-14-22(36)38-7)32-21(35)13-30-18(4)34;1-3-4-9-12-11-7-5-10(2)6-8-11/h20H,8-14H2,1-7H3,(H,30,34)(H,31,37)(H,32,35)(H3,28,29,33);3-8H,9H2,1-2H3/b;4-3-/t20-;/m1./s1. The van der Waals surface area contributed by atoms with Crippen molar-refractivity contribution in [2.75, 3.05) is 33.4 Å². The predicted molar refractivity (Wildman–Crippen MR) is 206 cm³/mol. The van der Waals surface area contributed by atoms with Crippen LogP contribution < -0.4 is 35.9 Å². The zero-order chi connectivity index (χ0) is 38.8. The topological polar surface area (TPSA) is 182 Å². The van der Waals surface area contributed by atoms with Crippen molar-refractivity contribution in [2.24, 2.45) is 10.7 Å². The Morgan fingerprint density at radius 3 is 2.37 bits per heavy atom. The number of benzene rings is 2. The number of fused-ring (bicyclic) bond motifs is 1. The van der Waals surface area contributed by atoms with Crippen molar-refractivity contribution in [2.45, 2.75) is 97.6 Å². The largest absolute Gasteiger partial charge is 0.490 e. The molecule has 0 radical (unpaired) electrons. The second kappa shape index (κ2) is 21.6. The number of nitrogens with two attached hydrogens (primary N) is 1. The first-order valence-corrected chi connectivity index (χ1v) is 18.1. The molecule has 0 aromatic heterocycles. The molecule has 1 heterocycles. The number of esters is 1. The molecular formula is C38H56N6O7S. The number of ether oxygens (including phenoxy) is 3. The van der Waals surface area contributed by atoms with E-state index in [1.807, 2.05) is 43.3 Å². The molecule has 0 bridgehead atoms. The Labute approximate surface area is 312 Å². The monoisotopic (exact) mass is 740 g/mol. The third-order valence-electron chi connectivity index (χ3n) is 8.24. The van der Waals surface area contributed by atoms with Gasteiger partial charge in [-0.1, -0.05) is 29.8 Å². The van der Waals surface area contributed by atoms with Gasteiger partial charge < -0.3 is 35.9 Å². The summed E-state index contributed by atoms with van der Waals surface area (Å²) < 4.78 is 19.3. The van der Waals surface area contributed by atoms with Gasteiger partial charge in [-0.25, -0.2) is 0 Å². The van der Waals surface area contributed by atoms with Gasteiger partial charge in [-0.2, -0.15) is 0 Å². The molecule has 52 heavy (non-hydrogen) atoms. The Balaban J connectivity index is 0.000000657. The van der Waals surface area contributed by atoms with E-state index in [1.165, 1.54) is 37.1 Å². The molecule has 3 rings (SSSR count). The normalized spacial score (nSPS) is 13.8. The highest BCUT2D eigenvalue weighted by Gasteiger charge is 2.31. The molecule has 0 unspecified atom stereocenters. The van der Waals surface area contributed by atoms with Crippen molar-refractivity contribution in [3.63, 3.8) is 0 Å². The summed E-state index contributed by atoms with van der Waals surface area (Å²) in [6, 6.07) is 7.13. The van der Waals surface area contributed by atoms with Gasteiger partial charge in [-0.05, 0) is 120 Å². The van der Waals surface area contributed by atoms with Crippen LogP contribution in [0.1, 0.15) is 74.8 Å². The van der Waals surface area contributed by atoms with Crippen molar-refractivity contribution < 1.29 is 33.4 Å².